The summed E-state index contributed by atoms with van der Waals surface area (Å²) in [6, 6.07) is 9.56. The third-order valence-electron chi connectivity index (χ3n) is 6.63. The van der Waals surface area contributed by atoms with Gasteiger partial charge in [0.25, 0.3) is 5.91 Å². The van der Waals surface area contributed by atoms with E-state index in [0.717, 1.165) is 35.1 Å². The number of nitrogens with zero attached hydrogens (tertiary/aromatic N) is 6. The first-order valence-electron chi connectivity index (χ1n) is 11.8. The van der Waals surface area contributed by atoms with E-state index in [1.165, 1.54) is 0 Å². The summed E-state index contributed by atoms with van der Waals surface area (Å²) < 4.78 is 1.83. The van der Waals surface area contributed by atoms with Gasteiger partial charge in [0, 0.05) is 36.9 Å². The van der Waals surface area contributed by atoms with E-state index in [0.29, 0.717) is 17.9 Å². The molecular formula is C25H29N9O. The van der Waals surface area contributed by atoms with Gasteiger partial charge in [-0.15, -0.1) is 5.10 Å². The highest BCUT2D eigenvalue weighted by molar-refractivity contribution is 6.09. The summed E-state index contributed by atoms with van der Waals surface area (Å²) in [6.07, 6.45) is 7.74. The van der Waals surface area contributed by atoms with Gasteiger partial charge in [-0.05, 0) is 36.1 Å². The zero-order valence-electron chi connectivity index (χ0n) is 19.8. The van der Waals surface area contributed by atoms with Crippen molar-refractivity contribution in [1.29, 1.82) is 0 Å². The van der Waals surface area contributed by atoms with Gasteiger partial charge in [0.1, 0.15) is 0 Å². The highest BCUT2D eigenvalue weighted by atomic mass is 16.1. The van der Waals surface area contributed by atoms with Crippen LogP contribution in [0.3, 0.4) is 0 Å². The number of hydrogen-bond acceptors (Lipinski definition) is 8. The molecule has 1 aromatic carbocycles. The molecule has 3 aromatic heterocycles. The molecule has 35 heavy (non-hydrogen) atoms. The molecule has 5 rings (SSSR count). The van der Waals surface area contributed by atoms with Crippen molar-refractivity contribution < 1.29 is 4.79 Å². The SMILES string of the molecule is CCc1ccc2cc(N)c(C(=O)Nc3cnccc3N3CC(C)C(n4ccnn4)C(N)C3)nc2c1. The van der Waals surface area contributed by atoms with Crippen LogP contribution < -0.4 is 21.7 Å². The monoisotopic (exact) mass is 471 g/mol. The lowest BCUT2D eigenvalue weighted by Crippen LogP contribution is -2.53. The standard InChI is InChI=1S/C25H29N9O/c1-3-16-4-5-17-11-18(26)23(30-20(17)10-16)25(35)31-21-12-28-7-6-22(21)33-13-15(2)24(19(27)14-33)34-9-8-29-32-34/h4-12,15,19,24H,3,13-14,26-27H2,1-2H3,(H,31,35). The number of aromatic nitrogens is 5. The highest BCUT2D eigenvalue weighted by Crippen LogP contribution is 2.33. The van der Waals surface area contributed by atoms with Crippen LogP contribution >= 0.6 is 0 Å². The number of rotatable bonds is 5. The Labute approximate surface area is 203 Å². The number of hydrogen-bond donors (Lipinski definition) is 3. The van der Waals surface area contributed by atoms with E-state index in [4.69, 9.17) is 11.5 Å². The summed E-state index contributed by atoms with van der Waals surface area (Å²) in [6.45, 7) is 5.55. The summed E-state index contributed by atoms with van der Waals surface area (Å²) >= 11 is 0. The maximum absolute atomic E-state index is 13.3. The fraction of sp³-hybridized carbons (Fsp3) is 0.320. The van der Waals surface area contributed by atoms with Crippen LogP contribution in [-0.4, -0.2) is 50.0 Å². The van der Waals surface area contributed by atoms with Crippen molar-refractivity contribution >= 4 is 33.9 Å². The van der Waals surface area contributed by atoms with Crippen LogP contribution in [0.15, 0.2) is 55.1 Å². The van der Waals surface area contributed by atoms with Crippen LogP contribution in [0.5, 0.6) is 0 Å². The molecule has 180 valence electrons. The quantitative estimate of drug-likeness (QED) is 0.403. The molecule has 1 saturated heterocycles. The average Bonchev–Trinajstić information content (AvgIpc) is 3.37. The second kappa shape index (κ2) is 9.30. The van der Waals surface area contributed by atoms with Gasteiger partial charge in [-0.1, -0.05) is 31.2 Å². The van der Waals surface area contributed by atoms with Gasteiger partial charge >= 0.3 is 0 Å². The van der Waals surface area contributed by atoms with Gasteiger partial charge in [-0.2, -0.15) is 0 Å². The largest absolute Gasteiger partial charge is 0.397 e. The second-order valence-corrected chi connectivity index (χ2v) is 9.07. The first-order valence-corrected chi connectivity index (χ1v) is 11.8. The number of piperidine rings is 1. The molecule has 0 aliphatic carbocycles. The molecule has 0 radical (unpaired) electrons. The maximum Gasteiger partial charge on any atom is 0.276 e. The minimum atomic E-state index is -0.379. The van der Waals surface area contributed by atoms with Crippen LogP contribution in [0.25, 0.3) is 10.9 Å². The third kappa shape index (κ3) is 4.40. The van der Waals surface area contributed by atoms with Crippen molar-refractivity contribution in [2.75, 3.05) is 29.0 Å². The Morgan fingerprint density at radius 3 is 2.80 bits per heavy atom. The first kappa shape index (κ1) is 22.7. The average molecular weight is 472 g/mol. The third-order valence-corrected chi connectivity index (χ3v) is 6.63. The lowest BCUT2D eigenvalue weighted by molar-refractivity contribution is 0.102. The van der Waals surface area contributed by atoms with Crippen molar-refractivity contribution in [3.05, 3.63) is 66.4 Å². The van der Waals surface area contributed by atoms with Crippen LogP contribution in [0.1, 0.15) is 35.9 Å². The minimum Gasteiger partial charge on any atom is -0.397 e. The van der Waals surface area contributed by atoms with Crippen LogP contribution in [0.2, 0.25) is 0 Å². The van der Waals surface area contributed by atoms with Gasteiger partial charge in [-0.3, -0.25) is 9.78 Å². The molecular weight excluding hydrogens is 442 g/mol. The molecule has 1 fully saturated rings. The highest BCUT2D eigenvalue weighted by Gasteiger charge is 2.35. The Morgan fingerprint density at radius 2 is 2.06 bits per heavy atom. The van der Waals surface area contributed by atoms with Crippen LogP contribution in [0, 0.1) is 5.92 Å². The fourth-order valence-corrected chi connectivity index (χ4v) is 4.92. The summed E-state index contributed by atoms with van der Waals surface area (Å²) in [5.74, 6) is -0.168. The maximum atomic E-state index is 13.3. The molecule has 0 saturated carbocycles. The Balaban J connectivity index is 1.40. The number of carbonyl (C=O) groups excluding carboxylic acids is 1. The lowest BCUT2D eigenvalue weighted by Gasteiger charge is -2.42. The molecule has 1 amide bonds. The predicted molar refractivity (Wildman–Crippen MR) is 136 cm³/mol. The summed E-state index contributed by atoms with van der Waals surface area (Å²) in [4.78, 5) is 24.2. The van der Waals surface area contributed by atoms with Crippen molar-refractivity contribution in [3.8, 4) is 0 Å². The number of amides is 1. The summed E-state index contributed by atoms with van der Waals surface area (Å²) in [5, 5.41) is 12.0. The van der Waals surface area contributed by atoms with E-state index in [1.807, 2.05) is 35.1 Å². The minimum absolute atomic E-state index is 0.0447. The van der Waals surface area contributed by atoms with E-state index >= 15 is 0 Å². The van der Waals surface area contributed by atoms with E-state index in [1.54, 1.807) is 24.7 Å². The number of aryl methyl sites for hydroxylation is 1. The predicted octanol–water partition coefficient (Wildman–Crippen LogP) is 2.64. The lowest BCUT2D eigenvalue weighted by atomic mass is 9.90. The van der Waals surface area contributed by atoms with Crippen molar-refractivity contribution in [3.63, 3.8) is 0 Å². The molecule has 0 spiro atoms. The topological polar surface area (TPSA) is 141 Å². The van der Waals surface area contributed by atoms with Gasteiger partial charge in [0.2, 0.25) is 0 Å². The Kier molecular flexibility index (Phi) is 6.04. The number of nitrogen functional groups attached to an aromatic ring is 1. The molecule has 0 bridgehead atoms. The second-order valence-electron chi connectivity index (χ2n) is 9.07. The van der Waals surface area contributed by atoms with E-state index in [-0.39, 0.29) is 29.6 Å². The zero-order chi connectivity index (χ0) is 24.5. The van der Waals surface area contributed by atoms with Crippen molar-refractivity contribution in [2.24, 2.45) is 11.7 Å². The number of benzene rings is 1. The number of carbonyl (C=O) groups is 1. The van der Waals surface area contributed by atoms with Crippen LogP contribution in [0.4, 0.5) is 17.1 Å². The van der Waals surface area contributed by atoms with Crippen LogP contribution in [-0.2, 0) is 6.42 Å². The molecule has 10 heteroatoms. The zero-order valence-corrected chi connectivity index (χ0v) is 19.8. The van der Waals surface area contributed by atoms with E-state index < -0.39 is 0 Å². The number of anilines is 3. The van der Waals surface area contributed by atoms with E-state index in [2.05, 4.69) is 44.3 Å². The summed E-state index contributed by atoms with van der Waals surface area (Å²) in [5.41, 5.74) is 16.6. The van der Waals surface area contributed by atoms with E-state index in [9.17, 15) is 4.79 Å². The Hall–Kier alpha value is -4.05. The molecule has 4 aromatic rings. The fourth-order valence-electron chi connectivity index (χ4n) is 4.92. The molecule has 3 atom stereocenters. The first-order chi connectivity index (χ1) is 16.9. The smallest absolute Gasteiger partial charge is 0.276 e. The molecule has 4 heterocycles. The van der Waals surface area contributed by atoms with Crippen molar-refractivity contribution in [1.82, 2.24) is 25.0 Å². The molecule has 1 aliphatic rings. The molecule has 3 unspecified atom stereocenters. The number of fused-ring (bicyclic) bond motifs is 1. The van der Waals surface area contributed by atoms with Gasteiger partial charge in [0.05, 0.1) is 41.0 Å². The molecule has 1 aliphatic heterocycles. The van der Waals surface area contributed by atoms with Gasteiger partial charge in [-0.25, -0.2) is 9.67 Å². The normalized spacial score (nSPS) is 20.2. The molecule has 5 N–H and O–H groups in total. The van der Waals surface area contributed by atoms with Gasteiger partial charge < -0.3 is 21.7 Å². The Morgan fingerprint density at radius 1 is 1.20 bits per heavy atom. The van der Waals surface area contributed by atoms with Crippen molar-refractivity contribution in [2.45, 2.75) is 32.4 Å². The van der Waals surface area contributed by atoms with Gasteiger partial charge in [0.15, 0.2) is 5.69 Å². The number of nitrogens with one attached hydrogen (secondary N) is 1. The molecule has 10 nitrogen and oxygen atoms in total. The Bertz CT molecular complexity index is 1340. The number of pyridine rings is 2. The number of nitrogens with two attached hydrogens (primary N) is 2. The summed E-state index contributed by atoms with van der Waals surface area (Å²) in [7, 11) is 0.